The molecule has 2 N–H and O–H groups in total. The molecular weight excluding hydrogens is 308 g/mol. The molecule has 1 aromatic carbocycles. The van der Waals surface area contributed by atoms with Crippen LogP contribution in [0.15, 0.2) is 41.3 Å². The van der Waals surface area contributed by atoms with Gasteiger partial charge in [0, 0.05) is 29.0 Å². The zero-order valence-corrected chi connectivity index (χ0v) is 12.0. The summed E-state index contributed by atoms with van der Waals surface area (Å²) in [7, 11) is 0. The van der Waals surface area contributed by atoms with Gasteiger partial charge in [0.25, 0.3) is 5.91 Å². The Morgan fingerprint density at radius 1 is 1.37 bits per heavy atom. The van der Waals surface area contributed by atoms with Gasteiger partial charge in [-0.25, -0.2) is 0 Å². The number of hydrogen-bond donors (Lipinski definition) is 2. The number of carbonyl (C=O) groups excluding carboxylic acids is 1. The molecule has 0 radical (unpaired) electrons. The fourth-order valence-electron chi connectivity index (χ4n) is 1.70. The average molecular weight is 321 g/mol. The van der Waals surface area contributed by atoms with Crippen molar-refractivity contribution in [1.29, 1.82) is 0 Å². The Kier molecular flexibility index (Phi) is 4.16. The van der Waals surface area contributed by atoms with Gasteiger partial charge in [-0.2, -0.15) is 0 Å². The SMILES string of the molecule is Cc1cc(=O)c(C(=O)Nc2ccccc2CBr)c[nH]1. The van der Waals surface area contributed by atoms with Crippen LogP contribution < -0.4 is 10.7 Å². The van der Waals surface area contributed by atoms with Gasteiger partial charge in [0.2, 0.25) is 0 Å². The third-order valence-electron chi connectivity index (χ3n) is 2.71. The number of amides is 1. The minimum atomic E-state index is -0.408. The summed E-state index contributed by atoms with van der Waals surface area (Å²) >= 11 is 3.36. The smallest absolute Gasteiger partial charge is 0.261 e. The van der Waals surface area contributed by atoms with Crippen LogP contribution in [0.4, 0.5) is 5.69 Å². The van der Waals surface area contributed by atoms with Gasteiger partial charge in [-0.1, -0.05) is 34.1 Å². The zero-order valence-electron chi connectivity index (χ0n) is 10.4. The Morgan fingerprint density at radius 2 is 2.11 bits per heavy atom. The summed E-state index contributed by atoms with van der Waals surface area (Å²) in [5.41, 5.74) is 2.20. The van der Waals surface area contributed by atoms with Crippen molar-refractivity contribution in [2.45, 2.75) is 12.3 Å². The molecule has 19 heavy (non-hydrogen) atoms. The highest BCUT2D eigenvalue weighted by atomic mass is 79.9. The molecule has 5 heteroatoms. The number of carbonyl (C=O) groups is 1. The standard InChI is InChI=1S/C14H13BrN2O2/c1-9-6-13(18)11(8-16-9)14(19)17-12-5-3-2-4-10(12)7-15/h2-6,8H,7H2,1H3,(H,16,18)(H,17,19). The molecule has 0 saturated heterocycles. The van der Waals surface area contributed by atoms with Gasteiger partial charge in [0.1, 0.15) is 5.56 Å². The van der Waals surface area contributed by atoms with E-state index in [1.807, 2.05) is 18.2 Å². The highest BCUT2D eigenvalue weighted by Crippen LogP contribution is 2.18. The lowest BCUT2D eigenvalue weighted by Crippen LogP contribution is -2.22. The molecule has 0 aliphatic carbocycles. The fourth-order valence-corrected chi connectivity index (χ4v) is 2.19. The second kappa shape index (κ2) is 5.84. The molecule has 4 nitrogen and oxygen atoms in total. The molecule has 2 aromatic rings. The Balaban J connectivity index is 2.28. The molecule has 1 amide bonds. The number of halogens is 1. The van der Waals surface area contributed by atoms with Gasteiger partial charge in [-0.15, -0.1) is 0 Å². The number of aromatic nitrogens is 1. The van der Waals surface area contributed by atoms with Gasteiger partial charge in [-0.05, 0) is 18.6 Å². The van der Waals surface area contributed by atoms with E-state index in [9.17, 15) is 9.59 Å². The molecule has 1 heterocycles. The van der Waals surface area contributed by atoms with Crippen LogP contribution in [0, 0.1) is 6.92 Å². The van der Waals surface area contributed by atoms with Crippen LogP contribution in [0.2, 0.25) is 0 Å². The highest BCUT2D eigenvalue weighted by Gasteiger charge is 2.11. The quantitative estimate of drug-likeness (QED) is 0.854. The summed E-state index contributed by atoms with van der Waals surface area (Å²) in [6.45, 7) is 1.77. The molecule has 0 fully saturated rings. The first-order valence-electron chi connectivity index (χ1n) is 5.76. The minimum absolute atomic E-state index is 0.106. The predicted octanol–water partition coefficient (Wildman–Crippen LogP) is 2.83. The number of rotatable bonds is 3. The number of aryl methyl sites for hydroxylation is 1. The number of benzene rings is 1. The average Bonchev–Trinajstić information content (AvgIpc) is 2.39. The van der Waals surface area contributed by atoms with E-state index in [-0.39, 0.29) is 11.0 Å². The van der Waals surface area contributed by atoms with Gasteiger partial charge in [0.15, 0.2) is 5.43 Å². The molecule has 0 saturated carbocycles. The molecule has 0 aliphatic heterocycles. The monoisotopic (exact) mass is 320 g/mol. The number of pyridine rings is 1. The summed E-state index contributed by atoms with van der Waals surface area (Å²) in [4.78, 5) is 26.7. The van der Waals surface area contributed by atoms with Crippen LogP contribution >= 0.6 is 15.9 Å². The van der Waals surface area contributed by atoms with Crippen LogP contribution in [0.25, 0.3) is 0 Å². The Morgan fingerprint density at radius 3 is 2.79 bits per heavy atom. The third-order valence-corrected chi connectivity index (χ3v) is 3.32. The van der Waals surface area contributed by atoms with Crippen LogP contribution in [-0.4, -0.2) is 10.9 Å². The summed E-state index contributed by atoms with van der Waals surface area (Å²) in [6.07, 6.45) is 1.43. The molecule has 0 unspecified atom stereocenters. The molecule has 0 spiro atoms. The number of hydrogen-bond acceptors (Lipinski definition) is 2. The van der Waals surface area contributed by atoms with E-state index < -0.39 is 5.91 Å². The highest BCUT2D eigenvalue weighted by molar-refractivity contribution is 9.08. The number of H-pyrrole nitrogens is 1. The lowest BCUT2D eigenvalue weighted by molar-refractivity contribution is 0.102. The molecule has 0 aliphatic rings. The number of alkyl halides is 1. The topological polar surface area (TPSA) is 62.0 Å². The summed E-state index contributed by atoms with van der Waals surface area (Å²) in [6, 6.07) is 8.85. The zero-order chi connectivity index (χ0) is 13.8. The molecule has 2 rings (SSSR count). The van der Waals surface area contributed by atoms with E-state index >= 15 is 0 Å². The molecular formula is C14H13BrN2O2. The van der Waals surface area contributed by atoms with Crippen molar-refractivity contribution < 1.29 is 4.79 Å². The fraction of sp³-hybridized carbons (Fsp3) is 0.143. The summed E-state index contributed by atoms with van der Waals surface area (Å²) in [5.74, 6) is -0.408. The molecule has 0 bridgehead atoms. The summed E-state index contributed by atoms with van der Waals surface area (Å²) < 4.78 is 0. The van der Waals surface area contributed by atoms with Gasteiger partial charge >= 0.3 is 0 Å². The summed E-state index contributed by atoms with van der Waals surface area (Å²) in [5, 5.41) is 3.38. The number of nitrogens with one attached hydrogen (secondary N) is 2. The first-order chi connectivity index (χ1) is 9.11. The lowest BCUT2D eigenvalue weighted by atomic mass is 10.2. The Bertz CT molecular complexity index is 664. The van der Waals surface area contributed by atoms with E-state index in [1.54, 1.807) is 13.0 Å². The maximum atomic E-state index is 12.1. The first-order valence-corrected chi connectivity index (χ1v) is 6.88. The van der Waals surface area contributed by atoms with Crippen molar-refractivity contribution in [2.24, 2.45) is 0 Å². The van der Waals surface area contributed by atoms with Gasteiger partial charge < -0.3 is 10.3 Å². The van der Waals surface area contributed by atoms with Crippen LogP contribution in [0.3, 0.4) is 0 Å². The van der Waals surface area contributed by atoms with Gasteiger partial charge in [-0.3, -0.25) is 9.59 Å². The van der Waals surface area contributed by atoms with Crippen molar-refractivity contribution in [3.8, 4) is 0 Å². The normalized spacial score (nSPS) is 10.2. The maximum absolute atomic E-state index is 12.1. The second-order valence-electron chi connectivity index (χ2n) is 4.14. The second-order valence-corrected chi connectivity index (χ2v) is 4.70. The molecule has 0 atom stereocenters. The number of para-hydroxylation sites is 1. The van der Waals surface area contributed by atoms with E-state index in [2.05, 4.69) is 26.2 Å². The third kappa shape index (κ3) is 3.12. The Labute approximate surface area is 119 Å². The van der Waals surface area contributed by atoms with Crippen LogP contribution in [0.5, 0.6) is 0 Å². The van der Waals surface area contributed by atoms with E-state index in [0.717, 1.165) is 11.3 Å². The number of anilines is 1. The van der Waals surface area contributed by atoms with Crippen molar-refractivity contribution in [1.82, 2.24) is 4.98 Å². The van der Waals surface area contributed by atoms with Crippen molar-refractivity contribution in [2.75, 3.05) is 5.32 Å². The van der Waals surface area contributed by atoms with Crippen LogP contribution in [0.1, 0.15) is 21.6 Å². The van der Waals surface area contributed by atoms with E-state index in [1.165, 1.54) is 12.3 Å². The van der Waals surface area contributed by atoms with Crippen LogP contribution in [-0.2, 0) is 5.33 Å². The first kappa shape index (κ1) is 13.5. The van der Waals surface area contributed by atoms with Gasteiger partial charge in [0.05, 0.1) is 0 Å². The largest absolute Gasteiger partial charge is 0.364 e. The Hall–Kier alpha value is -1.88. The van der Waals surface area contributed by atoms with E-state index in [0.29, 0.717) is 11.0 Å². The molecule has 98 valence electrons. The van der Waals surface area contributed by atoms with Crippen molar-refractivity contribution in [3.63, 3.8) is 0 Å². The van der Waals surface area contributed by atoms with Crippen molar-refractivity contribution in [3.05, 3.63) is 63.6 Å². The molecule has 1 aromatic heterocycles. The van der Waals surface area contributed by atoms with Crippen molar-refractivity contribution >= 4 is 27.5 Å². The maximum Gasteiger partial charge on any atom is 0.261 e. The number of aromatic amines is 1. The van der Waals surface area contributed by atoms with E-state index in [4.69, 9.17) is 0 Å². The lowest BCUT2D eigenvalue weighted by Gasteiger charge is -2.08. The predicted molar refractivity (Wildman–Crippen MR) is 78.8 cm³/mol. The minimum Gasteiger partial charge on any atom is -0.364 e.